The van der Waals surface area contributed by atoms with Gasteiger partial charge in [-0.3, -0.25) is 19.7 Å². The number of amides is 2. The van der Waals surface area contributed by atoms with E-state index in [1.165, 1.54) is 24.3 Å². The zero-order valence-corrected chi connectivity index (χ0v) is 12.4. The highest BCUT2D eigenvalue weighted by atomic mass is 16.6. The molecule has 3 rings (SSSR count). The van der Waals surface area contributed by atoms with Gasteiger partial charge in [-0.2, -0.15) is 0 Å². The number of fused-ring (bicyclic) bond motifs is 1. The molecule has 0 unspecified atom stereocenters. The topological polar surface area (TPSA) is 107 Å². The zero-order chi connectivity index (χ0) is 17.4. The molecular weight excluding hydrogens is 316 g/mol. The van der Waals surface area contributed by atoms with Crippen molar-refractivity contribution in [3.8, 4) is 0 Å². The molecule has 0 saturated heterocycles. The number of methoxy groups -OCH3 is 1. The van der Waals surface area contributed by atoms with Crippen molar-refractivity contribution in [3.63, 3.8) is 0 Å². The smallest absolute Gasteiger partial charge is 0.340 e. The molecular formula is C16H10N2O6. The lowest BCUT2D eigenvalue weighted by atomic mass is 10.1. The summed E-state index contributed by atoms with van der Waals surface area (Å²) in [6.07, 6.45) is 0. The molecule has 0 N–H and O–H groups in total. The van der Waals surface area contributed by atoms with Crippen molar-refractivity contribution in [1.29, 1.82) is 0 Å². The van der Waals surface area contributed by atoms with Gasteiger partial charge in [-0.15, -0.1) is 0 Å². The number of ether oxygens (including phenoxy) is 1. The molecule has 0 atom stereocenters. The van der Waals surface area contributed by atoms with Gasteiger partial charge in [-0.1, -0.05) is 18.2 Å². The number of anilines is 1. The van der Waals surface area contributed by atoms with Crippen molar-refractivity contribution in [2.45, 2.75) is 0 Å². The first-order valence-corrected chi connectivity index (χ1v) is 6.81. The summed E-state index contributed by atoms with van der Waals surface area (Å²) in [6.45, 7) is 0. The minimum atomic E-state index is -0.884. The summed E-state index contributed by atoms with van der Waals surface area (Å²) < 4.78 is 4.61. The standard InChI is InChI=1S/C16H10N2O6/c1-24-16(21)11-7-4-8-12(18(22)23)13(11)17-14(19)9-5-2-3-6-10(9)15(17)20/h2-8H,1H3. The lowest BCUT2D eigenvalue weighted by molar-refractivity contribution is -0.384. The second kappa shape index (κ2) is 5.58. The molecule has 1 heterocycles. The Hall–Kier alpha value is -3.55. The first kappa shape index (κ1) is 15.3. The van der Waals surface area contributed by atoms with Crippen molar-refractivity contribution in [3.05, 3.63) is 69.3 Å². The number of hydrogen-bond acceptors (Lipinski definition) is 6. The predicted octanol–water partition coefficient (Wildman–Crippen LogP) is 2.18. The van der Waals surface area contributed by atoms with E-state index in [1.807, 2.05) is 0 Å². The van der Waals surface area contributed by atoms with Gasteiger partial charge in [0, 0.05) is 6.07 Å². The van der Waals surface area contributed by atoms with E-state index in [4.69, 9.17) is 0 Å². The Labute approximate surface area is 135 Å². The largest absolute Gasteiger partial charge is 0.465 e. The summed E-state index contributed by atoms with van der Waals surface area (Å²) in [6, 6.07) is 9.71. The van der Waals surface area contributed by atoms with Gasteiger partial charge in [0.2, 0.25) is 0 Å². The third-order valence-electron chi connectivity index (χ3n) is 3.63. The van der Waals surface area contributed by atoms with E-state index in [2.05, 4.69) is 4.74 Å². The van der Waals surface area contributed by atoms with Crippen LogP contribution >= 0.6 is 0 Å². The SMILES string of the molecule is COC(=O)c1cccc([N+](=O)[O-])c1N1C(=O)c2ccccc2C1=O. The Morgan fingerprint density at radius 1 is 1.04 bits per heavy atom. The number of nitro groups is 1. The lowest BCUT2D eigenvalue weighted by Crippen LogP contribution is -2.31. The van der Waals surface area contributed by atoms with Crippen molar-refractivity contribution in [1.82, 2.24) is 0 Å². The minimum Gasteiger partial charge on any atom is -0.465 e. The van der Waals surface area contributed by atoms with E-state index in [9.17, 15) is 24.5 Å². The molecule has 8 heteroatoms. The highest BCUT2D eigenvalue weighted by Crippen LogP contribution is 2.37. The highest BCUT2D eigenvalue weighted by molar-refractivity contribution is 6.36. The van der Waals surface area contributed by atoms with Crippen molar-refractivity contribution < 1.29 is 24.0 Å². The first-order valence-electron chi connectivity index (χ1n) is 6.81. The maximum atomic E-state index is 12.6. The number of rotatable bonds is 3. The maximum absolute atomic E-state index is 12.6. The number of imide groups is 1. The van der Waals surface area contributed by atoms with Crippen molar-refractivity contribution in [2.24, 2.45) is 0 Å². The fourth-order valence-electron chi connectivity index (χ4n) is 2.58. The summed E-state index contributed by atoms with van der Waals surface area (Å²) in [7, 11) is 1.10. The molecule has 0 aliphatic carbocycles. The Kier molecular flexibility index (Phi) is 3.57. The summed E-state index contributed by atoms with van der Waals surface area (Å²) in [5.74, 6) is -2.34. The second-order valence-electron chi connectivity index (χ2n) is 4.91. The van der Waals surface area contributed by atoms with E-state index in [-0.39, 0.29) is 22.4 Å². The molecule has 0 saturated carbocycles. The zero-order valence-electron chi connectivity index (χ0n) is 12.4. The monoisotopic (exact) mass is 326 g/mol. The highest BCUT2D eigenvalue weighted by Gasteiger charge is 2.41. The van der Waals surface area contributed by atoms with E-state index in [1.54, 1.807) is 12.1 Å². The quantitative estimate of drug-likeness (QED) is 0.370. The van der Waals surface area contributed by atoms with Crippen molar-refractivity contribution >= 4 is 29.2 Å². The number of para-hydroxylation sites is 1. The average molecular weight is 326 g/mol. The molecule has 0 radical (unpaired) electrons. The van der Waals surface area contributed by atoms with Crippen LogP contribution < -0.4 is 4.90 Å². The van der Waals surface area contributed by atoms with Gasteiger partial charge in [-0.25, -0.2) is 9.69 Å². The third kappa shape index (κ3) is 2.12. The van der Waals surface area contributed by atoms with Crippen LogP contribution in [-0.2, 0) is 4.74 Å². The molecule has 120 valence electrons. The predicted molar refractivity (Wildman–Crippen MR) is 82.0 cm³/mol. The third-order valence-corrected chi connectivity index (χ3v) is 3.63. The van der Waals surface area contributed by atoms with Crippen LogP contribution in [-0.4, -0.2) is 29.8 Å². The van der Waals surface area contributed by atoms with Crippen molar-refractivity contribution in [2.75, 3.05) is 12.0 Å². The van der Waals surface area contributed by atoms with Gasteiger partial charge in [0.15, 0.2) is 0 Å². The summed E-state index contributed by atoms with van der Waals surface area (Å²) >= 11 is 0. The number of carbonyl (C=O) groups excluding carboxylic acids is 3. The van der Waals surface area contributed by atoms with Crippen LogP contribution in [0, 0.1) is 10.1 Å². The molecule has 1 aliphatic heterocycles. The molecule has 2 aromatic rings. The molecule has 2 amide bonds. The summed E-state index contributed by atoms with van der Waals surface area (Å²) in [4.78, 5) is 48.3. The van der Waals surface area contributed by atoms with E-state index < -0.39 is 28.4 Å². The Morgan fingerprint density at radius 2 is 1.62 bits per heavy atom. The van der Waals surface area contributed by atoms with Crippen LogP contribution in [0.1, 0.15) is 31.1 Å². The molecule has 24 heavy (non-hydrogen) atoms. The van der Waals surface area contributed by atoms with Crippen LogP contribution in [0.4, 0.5) is 11.4 Å². The van der Waals surface area contributed by atoms with Crippen LogP contribution in [0.3, 0.4) is 0 Å². The molecule has 0 bridgehead atoms. The van der Waals surface area contributed by atoms with Gasteiger partial charge in [-0.05, 0) is 18.2 Å². The van der Waals surface area contributed by atoms with Crippen LogP contribution in [0.5, 0.6) is 0 Å². The van der Waals surface area contributed by atoms with Crippen LogP contribution in [0.15, 0.2) is 42.5 Å². The van der Waals surface area contributed by atoms with Gasteiger partial charge < -0.3 is 4.74 Å². The van der Waals surface area contributed by atoms with E-state index >= 15 is 0 Å². The number of hydrogen-bond donors (Lipinski definition) is 0. The molecule has 0 fully saturated rings. The van der Waals surface area contributed by atoms with Crippen LogP contribution in [0.2, 0.25) is 0 Å². The summed E-state index contributed by atoms with van der Waals surface area (Å²) in [5, 5.41) is 11.3. The van der Waals surface area contributed by atoms with Gasteiger partial charge in [0.1, 0.15) is 5.69 Å². The summed E-state index contributed by atoms with van der Waals surface area (Å²) in [5.41, 5.74) is -0.915. The molecule has 1 aliphatic rings. The van der Waals surface area contributed by atoms with E-state index in [0.29, 0.717) is 4.90 Å². The lowest BCUT2D eigenvalue weighted by Gasteiger charge is -2.17. The molecule has 0 spiro atoms. The Morgan fingerprint density at radius 3 is 2.12 bits per heavy atom. The molecule has 0 aromatic heterocycles. The molecule has 8 nitrogen and oxygen atoms in total. The van der Waals surface area contributed by atoms with Gasteiger partial charge in [0.05, 0.1) is 28.7 Å². The molecule has 2 aromatic carbocycles. The Bertz CT molecular complexity index is 870. The Balaban J connectivity index is 2.27. The van der Waals surface area contributed by atoms with Gasteiger partial charge in [0.25, 0.3) is 17.5 Å². The van der Waals surface area contributed by atoms with Crippen LogP contribution in [0.25, 0.3) is 0 Å². The second-order valence-corrected chi connectivity index (χ2v) is 4.91. The number of nitro benzene ring substituents is 1. The number of benzene rings is 2. The number of esters is 1. The fraction of sp³-hybridized carbons (Fsp3) is 0.0625. The fourth-order valence-corrected chi connectivity index (χ4v) is 2.58. The average Bonchev–Trinajstić information content (AvgIpc) is 2.85. The normalized spacial score (nSPS) is 13.0. The maximum Gasteiger partial charge on any atom is 0.340 e. The number of carbonyl (C=O) groups is 3. The minimum absolute atomic E-state index is 0.122. The number of nitrogens with zero attached hydrogens (tertiary/aromatic N) is 2. The first-order chi connectivity index (χ1) is 11.5. The van der Waals surface area contributed by atoms with E-state index in [0.717, 1.165) is 13.2 Å². The van der Waals surface area contributed by atoms with Gasteiger partial charge >= 0.3 is 5.97 Å².